The van der Waals surface area contributed by atoms with E-state index in [-0.39, 0.29) is 84.7 Å². The zero-order valence-corrected chi connectivity index (χ0v) is 49.7. The summed E-state index contributed by atoms with van der Waals surface area (Å²) in [6.45, 7) is 14.6. The lowest BCUT2D eigenvalue weighted by Crippen LogP contribution is -2.57. The van der Waals surface area contributed by atoms with Gasteiger partial charge in [0.15, 0.2) is 12.6 Å². The Morgan fingerprint density at radius 2 is 1.54 bits per heavy atom. The van der Waals surface area contributed by atoms with Gasteiger partial charge in [0.05, 0.1) is 33.7 Å². The van der Waals surface area contributed by atoms with Crippen LogP contribution in [-0.4, -0.2) is 168 Å². The van der Waals surface area contributed by atoms with Crippen LogP contribution in [0, 0.1) is 41.7 Å². The number of likely N-dealkylation sites (tertiary alicyclic amines) is 2. The van der Waals surface area contributed by atoms with E-state index < -0.39 is 29.2 Å². The van der Waals surface area contributed by atoms with Gasteiger partial charge in [-0.05, 0) is 165 Å². The summed E-state index contributed by atoms with van der Waals surface area (Å²) in [6.07, 6.45) is 17.2. The standard InChI is InChI=1S/C64H75ClF2N10O8/c1-6-45-50(66)11-7-41-30-44(84-37-82-5)31-47(54(41)45)57-56(67)58-48(32-68-57)59(75-34-42-8-9-43(35-75)77(42)63(81)85-64(2,3)4)71-62(70-58)83-28-27-72-21-15-38(16-22-72)29-39-17-23-73(24-18-39)33-40-19-25-74(26-20-40)51-12-10-46-49(55(51)65)36-76(61(46)80)52-13-14-53(78)69-60(52)79/h1,7,10-12,30-32,38-40,42-43,52H,8-9,13-29,33-37H2,2-5H3,(H,69,78,79)/t42-,43+,52?. The Balaban J connectivity index is 0.653. The number of aromatic nitrogens is 3. The van der Waals surface area contributed by atoms with Crippen molar-refractivity contribution in [3.8, 4) is 35.4 Å². The summed E-state index contributed by atoms with van der Waals surface area (Å²) in [4.78, 5) is 78.5. The van der Waals surface area contributed by atoms with Crippen molar-refractivity contribution in [2.24, 2.45) is 17.8 Å². The minimum Gasteiger partial charge on any atom is -0.468 e. The Bertz CT molecular complexity index is 3430. The van der Waals surface area contributed by atoms with Crippen molar-refractivity contribution in [1.29, 1.82) is 0 Å². The predicted molar refractivity (Wildman–Crippen MR) is 319 cm³/mol. The van der Waals surface area contributed by atoms with Gasteiger partial charge in [0, 0.05) is 87.6 Å². The second kappa shape index (κ2) is 24.5. The molecule has 1 unspecified atom stereocenters. The van der Waals surface area contributed by atoms with Gasteiger partial charge in [-0.3, -0.25) is 34.5 Å². The molecule has 9 heterocycles. The average molecular weight is 1190 g/mol. The number of halogens is 3. The highest BCUT2D eigenvalue weighted by atomic mass is 35.5. The monoisotopic (exact) mass is 1180 g/mol. The number of imide groups is 1. The minimum atomic E-state index is -0.757. The number of terminal acetylenes is 1. The molecule has 12 rings (SSSR count). The Labute approximate surface area is 499 Å². The Morgan fingerprint density at radius 3 is 2.22 bits per heavy atom. The van der Waals surface area contributed by atoms with E-state index in [0.29, 0.717) is 76.2 Å². The minimum absolute atomic E-state index is 0.0165. The van der Waals surface area contributed by atoms with Gasteiger partial charge in [-0.25, -0.2) is 13.6 Å². The van der Waals surface area contributed by atoms with Crippen molar-refractivity contribution in [2.45, 2.75) is 122 Å². The molecule has 2 aromatic heterocycles. The van der Waals surface area contributed by atoms with E-state index in [1.165, 1.54) is 32.4 Å². The molecule has 3 aromatic carbocycles. The van der Waals surface area contributed by atoms with E-state index in [2.05, 4.69) is 35.8 Å². The fourth-order valence-corrected chi connectivity index (χ4v) is 14.6. The summed E-state index contributed by atoms with van der Waals surface area (Å²) in [5.41, 5.74) is 1.66. The zero-order chi connectivity index (χ0) is 59.3. The number of piperazine rings is 1. The van der Waals surface area contributed by atoms with Crippen molar-refractivity contribution >= 4 is 68.6 Å². The van der Waals surface area contributed by atoms with Gasteiger partial charge in [0.25, 0.3) is 5.91 Å². The number of ether oxygens (including phenoxy) is 4. The molecule has 0 aliphatic carbocycles. The fourth-order valence-electron chi connectivity index (χ4n) is 14.3. The maximum atomic E-state index is 17.6. The molecule has 7 aliphatic rings. The number of methoxy groups -OCH3 is 1. The van der Waals surface area contributed by atoms with Crippen LogP contribution in [0.3, 0.4) is 0 Å². The number of anilines is 2. The van der Waals surface area contributed by atoms with Crippen molar-refractivity contribution < 1.29 is 46.9 Å². The van der Waals surface area contributed by atoms with Gasteiger partial charge in [0.1, 0.15) is 46.8 Å². The normalized spacial score (nSPS) is 22.1. The zero-order valence-electron chi connectivity index (χ0n) is 49.0. The maximum absolute atomic E-state index is 17.6. The lowest BCUT2D eigenvalue weighted by atomic mass is 9.82. The number of nitrogens with zero attached hydrogens (tertiary/aromatic N) is 9. The van der Waals surface area contributed by atoms with Gasteiger partial charge in [-0.2, -0.15) is 9.97 Å². The first-order valence-electron chi connectivity index (χ1n) is 30.3. The summed E-state index contributed by atoms with van der Waals surface area (Å²) in [6, 6.07) is 8.96. The third kappa shape index (κ3) is 12.2. The number of hydrogen-bond donors (Lipinski definition) is 1. The van der Waals surface area contributed by atoms with Crippen LogP contribution in [0.25, 0.3) is 32.9 Å². The molecule has 6 saturated heterocycles. The molecule has 18 nitrogen and oxygen atoms in total. The van der Waals surface area contributed by atoms with Crippen molar-refractivity contribution in [3.63, 3.8) is 0 Å². The van der Waals surface area contributed by atoms with Gasteiger partial charge in [0.2, 0.25) is 11.8 Å². The van der Waals surface area contributed by atoms with Gasteiger partial charge in [-0.15, -0.1) is 6.42 Å². The second-order valence-corrected chi connectivity index (χ2v) is 25.6. The molecule has 5 aromatic rings. The summed E-state index contributed by atoms with van der Waals surface area (Å²) in [5, 5.41) is 4.16. The molecule has 0 radical (unpaired) electrons. The number of carbonyl (C=O) groups excluding carboxylic acids is 4. The molecular weight excluding hydrogens is 1110 g/mol. The lowest BCUT2D eigenvalue weighted by molar-refractivity contribution is -0.136. The Kier molecular flexibility index (Phi) is 16.8. The van der Waals surface area contributed by atoms with Crippen LogP contribution < -0.4 is 24.6 Å². The summed E-state index contributed by atoms with van der Waals surface area (Å²) in [7, 11) is 1.49. The van der Waals surface area contributed by atoms with E-state index in [0.717, 1.165) is 102 Å². The van der Waals surface area contributed by atoms with Crippen molar-refractivity contribution in [1.82, 2.24) is 39.9 Å². The number of piperidine rings is 4. The number of hydrogen-bond acceptors (Lipinski definition) is 15. The lowest BCUT2D eigenvalue weighted by Gasteiger charge is -2.42. The predicted octanol–water partition coefficient (Wildman–Crippen LogP) is 9.20. The topological polar surface area (TPSA) is 175 Å². The number of fused-ring (bicyclic) bond motifs is 5. The largest absolute Gasteiger partial charge is 0.468 e. The van der Waals surface area contributed by atoms with Crippen molar-refractivity contribution in [2.75, 3.05) is 95.8 Å². The van der Waals surface area contributed by atoms with Crippen LogP contribution in [0.5, 0.6) is 11.8 Å². The Hall–Kier alpha value is -6.92. The Morgan fingerprint density at radius 1 is 0.835 bits per heavy atom. The number of rotatable bonds is 15. The number of pyridine rings is 1. The molecule has 6 fully saturated rings. The third-order valence-electron chi connectivity index (χ3n) is 18.6. The molecule has 0 spiro atoms. The van der Waals surface area contributed by atoms with Crippen LogP contribution in [-0.2, 0) is 25.6 Å². The van der Waals surface area contributed by atoms with Crippen LogP contribution in [0.4, 0.5) is 25.1 Å². The van der Waals surface area contributed by atoms with E-state index in [1.807, 2.05) is 37.8 Å². The van der Waals surface area contributed by atoms with Gasteiger partial charge in [-0.1, -0.05) is 23.6 Å². The highest BCUT2D eigenvalue weighted by Gasteiger charge is 2.46. The molecule has 4 amide bonds. The summed E-state index contributed by atoms with van der Waals surface area (Å²) < 4.78 is 56.1. The molecule has 0 saturated carbocycles. The van der Waals surface area contributed by atoms with Gasteiger partial charge >= 0.3 is 12.1 Å². The molecule has 450 valence electrons. The third-order valence-corrected chi connectivity index (χ3v) is 19.1. The molecular formula is C64H75ClF2N10O8. The first-order chi connectivity index (χ1) is 41.0. The first-order valence-corrected chi connectivity index (χ1v) is 30.6. The molecule has 3 atom stereocenters. The number of amides is 4. The fraction of sp³-hybridized carbons (Fsp3) is 0.547. The second-order valence-electron chi connectivity index (χ2n) is 25.2. The van der Waals surface area contributed by atoms with E-state index in [9.17, 15) is 19.2 Å². The quantitative estimate of drug-likeness (QED) is 0.0596. The van der Waals surface area contributed by atoms with E-state index >= 15 is 8.78 Å². The van der Waals surface area contributed by atoms with Crippen LogP contribution in [0.15, 0.2) is 42.6 Å². The molecule has 85 heavy (non-hydrogen) atoms. The van der Waals surface area contributed by atoms with Crippen molar-refractivity contribution in [3.05, 3.63) is 75.9 Å². The van der Waals surface area contributed by atoms with E-state index in [4.69, 9.17) is 46.9 Å². The average Bonchev–Trinajstić information content (AvgIpc) is 2.08. The summed E-state index contributed by atoms with van der Waals surface area (Å²) >= 11 is 7.03. The molecule has 7 aliphatic heterocycles. The summed E-state index contributed by atoms with van der Waals surface area (Å²) in [5.74, 6) is 2.93. The number of nitrogens with one attached hydrogen (secondary N) is 1. The molecule has 21 heteroatoms. The van der Waals surface area contributed by atoms with Crippen LogP contribution >= 0.6 is 11.6 Å². The highest BCUT2D eigenvalue weighted by molar-refractivity contribution is 6.35. The van der Waals surface area contributed by atoms with Gasteiger partial charge < -0.3 is 38.5 Å². The SMILES string of the molecule is C#Cc1c(F)ccc2cc(OCOC)cc(-c3ncc4c(N5C[C@H]6CC[C@@H](C5)N6C(=O)OC(C)(C)C)nc(OCCN5CCC(CC6CCN(CC7CCN(c8ccc9c(c8Cl)CN(C8CCC(=O)NC8=O)C9=O)CC7)CC6)CC5)nc4c3F)c12. The molecule has 1 N–H and O–H groups in total. The smallest absolute Gasteiger partial charge is 0.410 e. The molecule has 2 bridgehead atoms. The number of benzene rings is 3. The highest BCUT2D eigenvalue weighted by Crippen LogP contribution is 2.43. The maximum Gasteiger partial charge on any atom is 0.410 e. The first kappa shape index (κ1) is 58.5. The van der Waals surface area contributed by atoms with Crippen LogP contribution in [0.1, 0.15) is 113 Å². The number of carbonyl (C=O) groups is 4. The van der Waals surface area contributed by atoms with E-state index in [1.54, 1.807) is 29.3 Å². The van der Waals surface area contributed by atoms with Crippen LogP contribution in [0.2, 0.25) is 5.02 Å².